The first kappa shape index (κ1) is 12.4. The fraction of sp³-hybridized carbons (Fsp3) is 0.286. The minimum atomic E-state index is 0.447. The molecule has 0 radical (unpaired) electrons. The van der Waals surface area contributed by atoms with Gasteiger partial charge in [-0.2, -0.15) is 5.10 Å². The molecule has 0 bridgehead atoms. The molecule has 5 heteroatoms. The lowest BCUT2D eigenvalue weighted by atomic mass is 10.3. The maximum atomic E-state index is 6.01. The second-order valence-corrected chi connectivity index (χ2v) is 4.96. The normalized spacial score (nSPS) is 14.4. The van der Waals surface area contributed by atoms with E-state index < -0.39 is 0 Å². The van der Waals surface area contributed by atoms with E-state index in [4.69, 9.17) is 16.3 Å². The molecule has 2 aromatic rings. The highest BCUT2D eigenvalue weighted by Crippen LogP contribution is 2.27. The van der Waals surface area contributed by atoms with Crippen molar-refractivity contribution in [1.29, 1.82) is 0 Å². The minimum Gasteiger partial charge on any atom is -0.436 e. The van der Waals surface area contributed by atoms with Crippen LogP contribution in [0.2, 0.25) is 5.02 Å². The number of nitrogens with one attached hydrogen (secondary N) is 1. The summed E-state index contributed by atoms with van der Waals surface area (Å²) in [6.45, 7) is 0.754. The number of halogens is 1. The second kappa shape index (κ2) is 5.55. The molecule has 1 aromatic heterocycles. The van der Waals surface area contributed by atoms with Gasteiger partial charge in [-0.25, -0.2) is 0 Å². The molecule has 4 nitrogen and oxygen atoms in total. The van der Waals surface area contributed by atoms with Gasteiger partial charge in [0.1, 0.15) is 5.75 Å². The minimum absolute atomic E-state index is 0.447. The van der Waals surface area contributed by atoms with Crippen molar-refractivity contribution in [2.45, 2.75) is 25.4 Å². The fourth-order valence-corrected chi connectivity index (χ4v) is 1.85. The molecule has 0 spiro atoms. The van der Waals surface area contributed by atoms with E-state index in [1.807, 2.05) is 18.2 Å². The quantitative estimate of drug-likeness (QED) is 0.910. The Balaban J connectivity index is 1.63. The predicted octanol–water partition coefficient (Wildman–Crippen LogP) is 3.17. The number of rotatable bonds is 5. The molecule has 0 atom stereocenters. The number of hydrogen-bond donors (Lipinski definition) is 1. The van der Waals surface area contributed by atoms with Gasteiger partial charge >= 0.3 is 0 Å². The van der Waals surface area contributed by atoms with Gasteiger partial charge in [-0.15, -0.1) is 5.10 Å². The molecule has 1 aliphatic carbocycles. The van der Waals surface area contributed by atoms with Gasteiger partial charge in [0.15, 0.2) is 0 Å². The third kappa shape index (κ3) is 3.43. The van der Waals surface area contributed by atoms with Crippen LogP contribution >= 0.6 is 11.6 Å². The lowest BCUT2D eigenvalue weighted by molar-refractivity contribution is 0.453. The SMILES string of the molecule is Clc1ccccc1Oc1ccc(CNC2CC2)nn1. The zero-order valence-electron chi connectivity index (χ0n) is 10.3. The fourth-order valence-electron chi connectivity index (χ4n) is 1.67. The average molecular weight is 276 g/mol. The molecular formula is C14H14ClN3O. The number of hydrogen-bond acceptors (Lipinski definition) is 4. The van der Waals surface area contributed by atoms with Crippen LogP contribution in [0.25, 0.3) is 0 Å². The van der Waals surface area contributed by atoms with Crippen molar-refractivity contribution in [2.24, 2.45) is 0 Å². The molecule has 0 amide bonds. The van der Waals surface area contributed by atoms with Crippen molar-refractivity contribution in [1.82, 2.24) is 15.5 Å². The lowest BCUT2D eigenvalue weighted by Gasteiger charge is -2.06. The lowest BCUT2D eigenvalue weighted by Crippen LogP contribution is -2.16. The van der Waals surface area contributed by atoms with Gasteiger partial charge in [-0.1, -0.05) is 23.7 Å². The standard InChI is InChI=1S/C14H14ClN3O/c15-12-3-1-2-4-13(12)19-14-8-7-11(17-18-14)9-16-10-5-6-10/h1-4,7-8,10,16H,5-6,9H2. The number of ether oxygens (including phenoxy) is 1. The Morgan fingerprint density at radius 3 is 2.68 bits per heavy atom. The summed E-state index contributed by atoms with van der Waals surface area (Å²) >= 11 is 6.01. The topological polar surface area (TPSA) is 47.0 Å². The molecule has 1 fully saturated rings. The van der Waals surface area contributed by atoms with Crippen LogP contribution < -0.4 is 10.1 Å². The Kier molecular flexibility index (Phi) is 3.62. The predicted molar refractivity (Wildman–Crippen MR) is 73.4 cm³/mol. The summed E-state index contributed by atoms with van der Waals surface area (Å²) in [7, 11) is 0. The monoisotopic (exact) mass is 275 g/mol. The molecule has 1 N–H and O–H groups in total. The Bertz CT molecular complexity index is 555. The van der Waals surface area contributed by atoms with Crippen LogP contribution in [0.3, 0.4) is 0 Å². The zero-order valence-corrected chi connectivity index (χ0v) is 11.1. The summed E-state index contributed by atoms with van der Waals surface area (Å²) in [5.74, 6) is 1.03. The molecule has 1 aromatic carbocycles. The van der Waals surface area contributed by atoms with Crippen molar-refractivity contribution < 1.29 is 4.74 Å². The van der Waals surface area contributed by atoms with E-state index in [2.05, 4.69) is 15.5 Å². The number of benzene rings is 1. The first-order valence-corrected chi connectivity index (χ1v) is 6.67. The third-order valence-electron chi connectivity index (χ3n) is 2.90. The first-order valence-electron chi connectivity index (χ1n) is 6.29. The number of para-hydroxylation sites is 1. The van der Waals surface area contributed by atoms with Crippen LogP contribution in [-0.2, 0) is 6.54 Å². The molecule has 19 heavy (non-hydrogen) atoms. The van der Waals surface area contributed by atoms with Crippen molar-refractivity contribution in [2.75, 3.05) is 0 Å². The summed E-state index contributed by atoms with van der Waals surface area (Å²) in [5, 5.41) is 12.1. The molecular weight excluding hydrogens is 262 g/mol. The van der Waals surface area contributed by atoms with Gasteiger partial charge < -0.3 is 10.1 Å². The highest BCUT2D eigenvalue weighted by atomic mass is 35.5. The smallest absolute Gasteiger partial charge is 0.238 e. The second-order valence-electron chi connectivity index (χ2n) is 4.55. The summed E-state index contributed by atoms with van der Waals surface area (Å²) < 4.78 is 5.58. The van der Waals surface area contributed by atoms with Gasteiger partial charge in [0.05, 0.1) is 10.7 Å². The van der Waals surface area contributed by atoms with Crippen molar-refractivity contribution >= 4 is 11.6 Å². The molecule has 0 unspecified atom stereocenters. The Hall–Kier alpha value is -1.65. The summed E-state index contributed by atoms with van der Waals surface area (Å²) in [4.78, 5) is 0. The maximum Gasteiger partial charge on any atom is 0.238 e. The van der Waals surface area contributed by atoms with Crippen LogP contribution in [0.4, 0.5) is 0 Å². The highest BCUT2D eigenvalue weighted by Gasteiger charge is 2.20. The summed E-state index contributed by atoms with van der Waals surface area (Å²) in [6, 6.07) is 11.7. The molecule has 3 rings (SSSR count). The van der Waals surface area contributed by atoms with E-state index in [9.17, 15) is 0 Å². The van der Waals surface area contributed by atoms with Crippen molar-refractivity contribution in [3.63, 3.8) is 0 Å². The van der Waals surface area contributed by atoms with Crippen LogP contribution in [-0.4, -0.2) is 16.2 Å². The van der Waals surface area contributed by atoms with E-state index in [1.54, 1.807) is 18.2 Å². The van der Waals surface area contributed by atoms with Gasteiger partial charge in [0, 0.05) is 18.7 Å². The number of nitrogens with zero attached hydrogens (tertiary/aromatic N) is 2. The van der Waals surface area contributed by atoms with Crippen molar-refractivity contribution in [3.8, 4) is 11.6 Å². The summed E-state index contributed by atoms with van der Waals surface area (Å²) in [6.07, 6.45) is 2.53. The molecule has 98 valence electrons. The average Bonchev–Trinajstić information content (AvgIpc) is 3.25. The maximum absolute atomic E-state index is 6.01. The highest BCUT2D eigenvalue weighted by molar-refractivity contribution is 6.32. The number of aromatic nitrogens is 2. The van der Waals surface area contributed by atoms with Gasteiger partial charge in [0.25, 0.3) is 0 Å². The van der Waals surface area contributed by atoms with Crippen LogP contribution in [0.1, 0.15) is 18.5 Å². The molecule has 1 aliphatic rings. The Labute approximate surface area is 116 Å². The van der Waals surface area contributed by atoms with E-state index in [-0.39, 0.29) is 0 Å². The third-order valence-corrected chi connectivity index (χ3v) is 3.21. The van der Waals surface area contributed by atoms with Crippen LogP contribution in [0.15, 0.2) is 36.4 Å². The van der Waals surface area contributed by atoms with Gasteiger partial charge in [0.2, 0.25) is 5.88 Å². The van der Waals surface area contributed by atoms with E-state index in [0.29, 0.717) is 22.7 Å². The molecule has 1 heterocycles. The first-order chi connectivity index (χ1) is 9.31. The van der Waals surface area contributed by atoms with Gasteiger partial charge in [-0.3, -0.25) is 0 Å². The van der Waals surface area contributed by atoms with E-state index in [0.717, 1.165) is 12.2 Å². The molecule has 0 saturated heterocycles. The Morgan fingerprint density at radius 1 is 1.16 bits per heavy atom. The van der Waals surface area contributed by atoms with Crippen LogP contribution in [0.5, 0.6) is 11.6 Å². The largest absolute Gasteiger partial charge is 0.436 e. The van der Waals surface area contributed by atoms with Gasteiger partial charge in [-0.05, 0) is 31.0 Å². The van der Waals surface area contributed by atoms with Crippen molar-refractivity contribution in [3.05, 3.63) is 47.1 Å². The summed E-state index contributed by atoms with van der Waals surface area (Å²) in [5.41, 5.74) is 0.915. The Morgan fingerprint density at radius 2 is 2.00 bits per heavy atom. The molecule has 0 aliphatic heterocycles. The van der Waals surface area contributed by atoms with Crippen LogP contribution in [0, 0.1) is 0 Å². The van der Waals surface area contributed by atoms with E-state index >= 15 is 0 Å². The van der Waals surface area contributed by atoms with E-state index in [1.165, 1.54) is 12.8 Å². The zero-order chi connectivity index (χ0) is 13.1. The molecule has 1 saturated carbocycles.